The standard InChI is InChI=1S/C23H22O6/c1-12(2)5-6-14-7-15(8-20-23(14)28-11-27-20)19-10-17(25)21-16(24)9-18(26-4)13(3)22(21)29-19/h5,7-10,24H,6,11H2,1-4H3. The first kappa shape index (κ1) is 18.9. The lowest BCUT2D eigenvalue weighted by Gasteiger charge is -2.12. The highest BCUT2D eigenvalue weighted by molar-refractivity contribution is 5.89. The van der Waals surface area contributed by atoms with Gasteiger partial charge in [0.2, 0.25) is 6.79 Å². The van der Waals surface area contributed by atoms with Crippen molar-refractivity contribution in [1.82, 2.24) is 0 Å². The third kappa shape index (κ3) is 3.31. The zero-order valence-corrected chi connectivity index (χ0v) is 16.8. The summed E-state index contributed by atoms with van der Waals surface area (Å²) in [5.74, 6) is 2.00. The Bertz CT molecular complexity index is 1200. The Hall–Kier alpha value is -3.41. The second-order valence-corrected chi connectivity index (χ2v) is 7.26. The van der Waals surface area contributed by atoms with E-state index in [-0.39, 0.29) is 23.4 Å². The molecule has 0 spiro atoms. The van der Waals surface area contributed by atoms with Gasteiger partial charge in [-0.2, -0.15) is 0 Å². The highest BCUT2D eigenvalue weighted by Gasteiger charge is 2.22. The van der Waals surface area contributed by atoms with Crippen LogP contribution >= 0.6 is 0 Å². The number of methoxy groups -OCH3 is 1. The number of aromatic hydroxyl groups is 1. The largest absolute Gasteiger partial charge is 0.507 e. The average Bonchev–Trinajstić information content (AvgIpc) is 3.16. The van der Waals surface area contributed by atoms with Crippen molar-refractivity contribution in [3.63, 3.8) is 0 Å². The third-order valence-electron chi connectivity index (χ3n) is 4.97. The SMILES string of the molecule is COc1cc(O)c2c(=O)cc(-c3cc(CC=C(C)C)c4c(c3)OCO4)oc2c1C. The van der Waals surface area contributed by atoms with Gasteiger partial charge in [0.1, 0.15) is 28.2 Å². The highest BCUT2D eigenvalue weighted by atomic mass is 16.7. The van der Waals surface area contributed by atoms with Crippen molar-refractivity contribution in [2.75, 3.05) is 13.9 Å². The molecule has 0 saturated heterocycles. The number of allylic oxidation sites excluding steroid dienone is 2. The van der Waals surface area contributed by atoms with Gasteiger partial charge in [-0.25, -0.2) is 0 Å². The summed E-state index contributed by atoms with van der Waals surface area (Å²) in [6, 6.07) is 6.54. The molecule has 0 unspecified atom stereocenters. The van der Waals surface area contributed by atoms with E-state index in [1.165, 1.54) is 24.8 Å². The Morgan fingerprint density at radius 2 is 2.00 bits per heavy atom. The molecule has 0 amide bonds. The van der Waals surface area contributed by atoms with Crippen molar-refractivity contribution in [3.8, 4) is 34.3 Å². The van der Waals surface area contributed by atoms with Gasteiger partial charge in [0.15, 0.2) is 16.9 Å². The Morgan fingerprint density at radius 3 is 2.72 bits per heavy atom. The number of benzene rings is 2. The molecule has 1 N–H and O–H groups in total. The van der Waals surface area contributed by atoms with Crippen LogP contribution in [-0.2, 0) is 6.42 Å². The van der Waals surface area contributed by atoms with E-state index in [0.717, 1.165) is 5.56 Å². The van der Waals surface area contributed by atoms with Crippen molar-refractivity contribution in [2.24, 2.45) is 0 Å². The van der Waals surface area contributed by atoms with Crippen LogP contribution in [-0.4, -0.2) is 19.0 Å². The molecule has 3 aromatic rings. The van der Waals surface area contributed by atoms with Crippen LogP contribution in [0.3, 0.4) is 0 Å². The van der Waals surface area contributed by atoms with Gasteiger partial charge in [-0.3, -0.25) is 4.79 Å². The van der Waals surface area contributed by atoms with Crippen LogP contribution in [0.15, 0.2) is 45.1 Å². The fraction of sp³-hybridized carbons (Fsp3) is 0.261. The number of phenols is 1. The fourth-order valence-corrected chi connectivity index (χ4v) is 3.46. The number of hydrogen-bond acceptors (Lipinski definition) is 6. The van der Waals surface area contributed by atoms with Crippen LogP contribution in [0, 0.1) is 6.92 Å². The van der Waals surface area contributed by atoms with E-state index in [4.69, 9.17) is 18.6 Å². The summed E-state index contributed by atoms with van der Waals surface area (Å²) in [6.45, 7) is 6.01. The van der Waals surface area contributed by atoms with Crippen LogP contribution < -0.4 is 19.6 Å². The molecule has 0 bridgehead atoms. The van der Waals surface area contributed by atoms with Crippen LogP contribution in [0.4, 0.5) is 0 Å². The van der Waals surface area contributed by atoms with Gasteiger partial charge < -0.3 is 23.7 Å². The molecule has 6 heteroatoms. The monoisotopic (exact) mass is 394 g/mol. The second-order valence-electron chi connectivity index (χ2n) is 7.26. The van der Waals surface area contributed by atoms with E-state index in [0.29, 0.717) is 46.1 Å². The summed E-state index contributed by atoms with van der Waals surface area (Å²) in [5, 5.41) is 10.4. The molecule has 6 nitrogen and oxygen atoms in total. The van der Waals surface area contributed by atoms with E-state index in [9.17, 15) is 9.90 Å². The minimum atomic E-state index is -0.326. The Kier molecular flexibility index (Phi) is 4.70. The van der Waals surface area contributed by atoms with Crippen molar-refractivity contribution < 1.29 is 23.7 Å². The molecule has 0 aliphatic carbocycles. The maximum atomic E-state index is 12.8. The van der Waals surface area contributed by atoms with Gasteiger partial charge in [0, 0.05) is 28.8 Å². The van der Waals surface area contributed by atoms with E-state index in [1.807, 2.05) is 19.9 Å². The van der Waals surface area contributed by atoms with Crippen molar-refractivity contribution >= 4 is 11.0 Å². The summed E-state index contributed by atoms with van der Waals surface area (Å²) in [4.78, 5) is 12.8. The number of hydrogen-bond donors (Lipinski definition) is 1. The van der Waals surface area contributed by atoms with Crippen LogP contribution in [0.1, 0.15) is 25.0 Å². The molecule has 0 saturated carbocycles. The number of phenolic OH excluding ortho intramolecular Hbond substituents is 1. The molecular weight excluding hydrogens is 372 g/mol. The molecule has 1 aromatic heterocycles. The zero-order chi connectivity index (χ0) is 20.7. The normalized spacial score (nSPS) is 12.3. The van der Waals surface area contributed by atoms with E-state index >= 15 is 0 Å². The molecule has 0 radical (unpaired) electrons. The first-order valence-corrected chi connectivity index (χ1v) is 9.29. The smallest absolute Gasteiger partial charge is 0.231 e. The Labute approximate surface area is 167 Å². The fourth-order valence-electron chi connectivity index (χ4n) is 3.46. The van der Waals surface area contributed by atoms with Crippen molar-refractivity contribution in [1.29, 1.82) is 0 Å². The predicted octanol–water partition coefficient (Wildman–Crippen LogP) is 4.72. The predicted molar refractivity (Wildman–Crippen MR) is 110 cm³/mol. The van der Waals surface area contributed by atoms with Crippen molar-refractivity contribution in [2.45, 2.75) is 27.2 Å². The Balaban J connectivity index is 1.93. The molecule has 1 aliphatic heterocycles. The maximum Gasteiger partial charge on any atom is 0.231 e. The van der Waals surface area contributed by atoms with E-state index in [2.05, 4.69) is 6.08 Å². The van der Waals surface area contributed by atoms with Gasteiger partial charge in [-0.15, -0.1) is 0 Å². The number of rotatable bonds is 4. The summed E-state index contributed by atoms with van der Waals surface area (Å²) in [7, 11) is 1.50. The van der Waals surface area contributed by atoms with E-state index < -0.39 is 0 Å². The van der Waals surface area contributed by atoms with Crippen molar-refractivity contribution in [3.05, 3.63) is 57.3 Å². The molecule has 2 heterocycles. The van der Waals surface area contributed by atoms with Crippen LogP contribution in [0.25, 0.3) is 22.3 Å². The van der Waals surface area contributed by atoms with E-state index in [1.54, 1.807) is 13.0 Å². The lowest BCUT2D eigenvalue weighted by Crippen LogP contribution is -2.03. The summed E-state index contributed by atoms with van der Waals surface area (Å²) in [6.07, 6.45) is 2.78. The second kappa shape index (κ2) is 7.20. The average molecular weight is 394 g/mol. The lowest BCUT2D eigenvalue weighted by atomic mass is 10.0. The summed E-state index contributed by atoms with van der Waals surface area (Å²) >= 11 is 0. The number of fused-ring (bicyclic) bond motifs is 2. The zero-order valence-electron chi connectivity index (χ0n) is 16.8. The quantitative estimate of drug-likeness (QED) is 0.645. The van der Waals surface area contributed by atoms with Gasteiger partial charge in [0.05, 0.1) is 7.11 Å². The van der Waals surface area contributed by atoms with Gasteiger partial charge in [-0.1, -0.05) is 11.6 Å². The van der Waals surface area contributed by atoms with Crippen LogP contribution in [0.5, 0.6) is 23.0 Å². The molecule has 0 fully saturated rings. The summed E-state index contributed by atoms with van der Waals surface area (Å²) in [5.41, 5.74) is 3.46. The number of ether oxygens (including phenoxy) is 3. The minimum Gasteiger partial charge on any atom is -0.507 e. The molecule has 0 atom stereocenters. The molecular formula is C23H22O6. The summed E-state index contributed by atoms with van der Waals surface area (Å²) < 4.78 is 22.6. The van der Waals surface area contributed by atoms with Gasteiger partial charge in [0.25, 0.3) is 0 Å². The number of aryl methyl sites for hydroxylation is 1. The first-order valence-electron chi connectivity index (χ1n) is 9.29. The third-order valence-corrected chi connectivity index (χ3v) is 4.97. The lowest BCUT2D eigenvalue weighted by molar-refractivity contribution is 0.173. The van der Waals surface area contributed by atoms with Gasteiger partial charge in [-0.05, 0) is 39.3 Å². The molecule has 150 valence electrons. The first-order chi connectivity index (χ1) is 13.9. The molecule has 29 heavy (non-hydrogen) atoms. The Morgan fingerprint density at radius 1 is 1.21 bits per heavy atom. The maximum absolute atomic E-state index is 12.8. The van der Waals surface area contributed by atoms with Crippen LogP contribution in [0.2, 0.25) is 0 Å². The highest BCUT2D eigenvalue weighted by Crippen LogP contribution is 2.41. The molecule has 4 rings (SSSR count). The topological polar surface area (TPSA) is 78.1 Å². The molecule has 2 aromatic carbocycles. The minimum absolute atomic E-state index is 0.137. The molecule has 1 aliphatic rings. The van der Waals surface area contributed by atoms with Gasteiger partial charge >= 0.3 is 0 Å².